The first-order chi connectivity index (χ1) is 8.81. The lowest BCUT2D eigenvalue weighted by atomic mass is 10.1. The minimum absolute atomic E-state index is 0.0429. The monoisotopic (exact) mass is 253 g/mol. The Kier molecular flexibility index (Phi) is 7.41. The van der Waals surface area contributed by atoms with Gasteiger partial charge in [0.2, 0.25) is 0 Å². The highest BCUT2D eigenvalue weighted by Gasteiger charge is 2.11. The van der Waals surface area contributed by atoms with Crippen LogP contribution in [0.5, 0.6) is 5.75 Å². The molecule has 0 fully saturated rings. The summed E-state index contributed by atoms with van der Waals surface area (Å²) in [7, 11) is 3.58. The largest absolute Gasteiger partial charge is 0.497 e. The van der Waals surface area contributed by atoms with Gasteiger partial charge in [0, 0.05) is 13.2 Å². The van der Waals surface area contributed by atoms with Crippen molar-refractivity contribution >= 4 is 0 Å². The van der Waals surface area contributed by atoms with Crippen LogP contribution in [0.15, 0.2) is 24.3 Å². The number of rotatable bonds is 9. The Morgan fingerprint density at radius 3 is 2.44 bits per heavy atom. The number of ether oxygens (including phenoxy) is 3. The summed E-state index contributed by atoms with van der Waals surface area (Å²) in [6.45, 7) is 4.72. The smallest absolute Gasteiger partial charge is 0.118 e. The zero-order valence-corrected chi connectivity index (χ0v) is 11.4. The number of nitrogens with one attached hydrogen (secondary N) is 1. The molecule has 1 aromatic rings. The van der Waals surface area contributed by atoms with Gasteiger partial charge in [0.1, 0.15) is 5.75 Å². The molecular weight excluding hydrogens is 230 g/mol. The van der Waals surface area contributed by atoms with Crippen molar-refractivity contribution < 1.29 is 14.2 Å². The summed E-state index contributed by atoms with van der Waals surface area (Å²) in [5.74, 6) is 0.858. The quantitative estimate of drug-likeness (QED) is 0.683. The van der Waals surface area contributed by atoms with Crippen molar-refractivity contribution in [3.63, 3.8) is 0 Å². The Hall–Kier alpha value is -1.10. The number of hydrogen-bond donors (Lipinski definition) is 1. The lowest BCUT2D eigenvalue weighted by molar-refractivity contribution is 0.00760. The summed E-state index contributed by atoms with van der Waals surface area (Å²) in [4.78, 5) is 0. The van der Waals surface area contributed by atoms with Gasteiger partial charge < -0.3 is 19.5 Å². The van der Waals surface area contributed by atoms with Crippen LogP contribution in [0.2, 0.25) is 0 Å². The van der Waals surface area contributed by atoms with Gasteiger partial charge in [0.05, 0.1) is 26.4 Å². The summed E-state index contributed by atoms with van der Waals surface area (Å²) in [5, 5.41) is 3.14. The topological polar surface area (TPSA) is 39.7 Å². The zero-order chi connectivity index (χ0) is 13.2. The van der Waals surface area contributed by atoms with Crippen molar-refractivity contribution in [1.29, 1.82) is 0 Å². The Labute approximate surface area is 109 Å². The predicted octanol–water partition coefficient (Wildman–Crippen LogP) is 2.01. The summed E-state index contributed by atoms with van der Waals surface area (Å²) >= 11 is 0. The van der Waals surface area contributed by atoms with Gasteiger partial charge in [-0.2, -0.15) is 0 Å². The molecule has 0 aromatic heterocycles. The average molecular weight is 253 g/mol. The number of benzene rings is 1. The number of hydrogen-bond acceptors (Lipinski definition) is 4. The first kappa shape index (κ1) is 15.0. The lowest BCUT2D eigenvalue weighted by Crippen LogP contribution is -2.21. The van der Waals surface area contributed by atoms with Crippen LogP contribution in [0.1, 0.15) is 18.6 Å². The van der Waals surface area contributed by atoms with Crippen LogP contribution in [0.3, 0.4) is 0 Å². The maximum atomic E-state index is 5.82. The minimum Gasteiger partial charge on any atom is -0.497 e. The molecule has 4 heteroatoms. The van der Waals surface area contributed by atoms with Crippen LogP contribution in [-0.2, 0) is 9.47 Å². The molecular formula is C14H23NO3. The average Bonchev–Trinajstić information content (AvgIpc) is 2.42. The summed E-state index contributed by atoms with van der Waals surface area (Å²) in [5.41, 5.74) is 1.14. The fourth-order valence-electron chi connectivity index (χ4n) is 1.67. The fourth-order valence-corrected chi connectivity index (χ4v) is 1.67. The molecule has 0 aliphatic carbocycles. The van der Waals surface area contributed by atoms with Crippen molar-refractivity contribution in [1.82, 2.24) is 5.32 Å². The highest BCUT2D eigenvalue weighted by atomic mass is 16.5. The molecule has 1 atom stereocenters. The molecule has 4 nitrogen and oxygen atoms in total. The predicted molar refractivity (Wildman–Crippen MR) is 72.1 cm³/mol. The summed E-state index contributed by atoms with van der Waals surface area (Å²) in [6, 6.07) is 7.96. The summed E-state index contributed by atoms with van der Waals surface area (Å²) < 4.78 is 16.2. The van der Waals surface area contributed by atoms with E-state index < -0.39 is 0 Å². The van der Waals surface area contributed by atoms with E-state index in [9.17, 15) is 0 Å². The molecule has 0 aliphatic heterocycles. The van der Waals surface area contributed by atoms with Gasteiger partial charge in [0.25, 0.3) is 0 Å². The van der Waals surface area contributed by atoms with Gasteiger partial charge in [0.15, 0.2) is 0 Å². The highest BCUT2D eigenvalue weighted by molar-refractivity contribution is 5.28. The molecule has 0 amide bonds. The summed E-state index contributed by atoms with van der Waals surface area (Å²) in [6.07, 6.45) is 0.0429. The van der Waals surface area contributed by atoms with Crippen LogP contribution in [0, 0.1) is 0 Å². The lowest BCUT2D eigenvalue weighted by Gasteiger charge is -2.18. The molecule has 0 radical (unpaired) electrons. The van der Waals surface area contributed by atoms with Crippen molar-refractivity contribution in [3.05, 3.63) is 29.8 Å². The normalized spacial score (nSPS) is 12.4. The second-order valence-corrected chi connectivity index (χ2v) is 3.89. The second kappa shape index (κ2) is 8.91. The van der Waals surface area contributed by atoms with Crippen LogP contribution in [0.25, 0.3) is 0 Å². The third-order valence-electron chi connectivity index (χ3n) is 2.63. The second-order valence-electron chi connectivity index (χ2n) is 3.89. The van der Waals surface area contributed by atoms with Gasteiger partial charge in [-0.3, -0.25) is 0 Å². The molecule has 1 rings (SSSR count). The van der Waals surface area contributed by atoms with Crippen LogP contribution in [0.4, 0.5) is 0 Å². The van der Waals surface area contributed by atoms with Crippen LogP contribution >= 0.6 is 0 Å². The van der Waals surface area contributed by atoms with E-state index in [0.29, 0.717) is 13.2 Å². The van der Waals surface area contributed by atoms with E-state index in [1.165, 1.54) is 0 Å². The highest BCUT2D eigenvalue weighted by Crippen LogP contribution is 2.20. The van der Waals surface area contributed by atoms with Crippen LogP contribution in [-0.4, -0.2) is 40.5 Å². The van der Waals surface area contributed by atoms with Gasteiger partial charge in [-0.1, -0.05) is 12.1 Å². The molecule has 0 heterocycles. The third-order valence-corrected chi connectivity index (χ3v) is 2.63. The van der Waals surface area contributed by atoms with Crippen molar-refractivity contribution in [3.8, 4) is 5.75 Å². The van der Waals surface area contributed by atoms with Gasteiger partial charge >= 0.3 is 0 Å². The zero-order valence-electron chi connectivity index (χ0n) is 11.4. The van der Waals surface area contributed by atoms with Crippen LogP contribution < -0.4 is 10.1 Å². The Balaban J connectivity index is 2.53. The molecule has 1 unspecified atom stereocenters. The Morgan fingerprint density at radius 2 is 1.89 bits per heavy atom. The molecule has 0 saturated carbocycles. The standard InChI is InChI=1S/C14H23NO3/c1-4-17-9-10-18-14(11-15-2)12-5-7-13(16-3)8-6-12/h5-8,14-15H,4,9-11H2,1-3H3. The molecule has 102 valence electrons. The van der Waals surface area contributed by atoms with Crippen molar-refractivity contribution in [2.45, 2.75) is 13.0 Å². The van der Waals surface area contributed by atoms with E-state index >= 15 is 0 Å². The van der Waals surface area contributed by atoms with E-state index in [2.05, 4.69) is 5.32 Å². The van der Waals surface area contributed by atoms with Gasteiger partial charge in [-0.05, 0) is 31.7 Å². The van der Waals surface area contributed by atoms with E-state index in [4.69, 9.17) is 14.2 Å². The molecule has 0 saturated heterocycles. The molecule has 1 aromatic carbocycles. The van der Waals surface area contributed by atoms with Crippen molar-refractivity contribution in [2.24, 2.45) is 0 Å². The maximum Gasteiger partial charge on any atom is 0.118 e. The molecule has 0 aliphatic rings. The SMILES string of the molecule is CCOCCOC(CNC)c1ccc(OC)cc1. The van der Waals surface area contributed by atoms with E-state index in [0.717, 1.165) is 24.5 Å². The fraction of sp³-hybridized carbons (Fsp3) is 0.571. The first-order valence-corrected chi connectivity index (χ1v) is 6.29. The van der Waals surface area contributed by atoms with Crippen molar-refractivity contribution in [2.75, 3.05) is 40.5 Å². The van der Waals surface area contributed by atoms with Gasteiger partial charge in [-0.15, -0.1) is 0 Å². The Morgan fingerprint density at radius 1 is 1.17 bits per heavy atom. The maximum absolute atomic E-state index is 5.82. The molecule has 18 heavy (non-hydrogen) atoms. The first-order valence-electron chi connectivity index (χ1n) is 6.29. The molecule has 1 N–H and O–H groups in total. The third kappa shape index (κ3) is 5.04. The minimum atomic E-state index is 0.0429. The van der Waals surface area contributed by atoms with E-state index in [1.807, 2.05) is 38.2 Å². The Bertz CT molecular complexity index is 313. The molecule has 0 spiro atoms. The van der Waals surface area contributed by atoms with E-state index in [-0.39, 0.29) is 6.10 Å². The number of likely N-dealkylation sites (N-methyl/N-ethyl adjacent to an activating group) is 1. The van der Waals surface area contributed by atoms with Gasteiger partial charge in [-0.25, -0.2) is 0 Å². The number of methoxy groups -OCH3 is 1. The van der Waals surface area contributed by atoms with E-state index in [1.54, 1.807) is 7.11 Å². The molecule has 0 bridgehead atoms.